The Morgan fingerprint density at radius 1 is 1.15 bits per heavy atom. The second-order valence-corrected chi connectivity index (χ2v) is 16.4. The zero-order valence-electron chi connectivity index (χ0n) is 21.7. The first-order valence-electron chi connectivity index (χ1n) is 12.1. The van der Waals surface area contributed by atoms with E-state index in [1.165, 1.54) is 24.3 Å². The zero-order chi connectivity index (χ0) is 27.6. The Labute approximate surface area is 237 Å². The second-order valence-electron chi connectivity index (χ2n) is 10.4. The summed E-state index contributed by atoms with van der Waals surface area (Å²) in [7, 11) is -1.25. The smallest absolute Gasteiger partial charge is 0.337 e. The third-order valence-corrected chi connectivity index (χ3v) is 8.14. The van der Waals surface area contributed by atoms with Crippen LogP contribution in [0.4, 0.5) is 8.78 Å². The van der Waals surface area contributed by atoms with Crippen molar-refractivity contribution >= 4 is 49.1 Å². The number of nitrogens with zero attached hydrogens (tertiary/aromatic N) is 3. The molecule has 2 heterocycles. The van der Waals surface area contributed by atoms with Crippen LogP contribution in [0.1, 0.15) is 27.7 Å². The number of benzene rings is 2. The largest absolute Gasteiger partial charge is 0.478 e. The van der Waals surface area contributed by atoms with Gasteiger partial charge in [0, 0.05) is 26.3 Å². The molecule has 1 atom stereocenters. The van der Waals surface area contributed by atoms with Gasteiger partial charge in [-0.3, -0.25) is 0 Å². The highest BCUT2D eigenvalue weighted by atomic mass is 35.5. The molecule has 0 aliphatic carbocycles. The maximum atomic E-state index is 13.8. The quantitative estimate of drug-likeness (QED) is 0.156. The van der Waals surface area contributed by atoms with Crippen molar-refractivity contribution in [2.45, 2.75) is 44.9 Å². The molecule has 0 radical (unpaired) electrons. The highest BCUT2D eigenvalue weighted by molar-refractivity contribution is 6.76. The van der Waals surface area contributed by atoms with E-state index in [4.69, 9.17) is 27.1 Å². The predicted molar refractivity (Wildman–Crippen MR) is 153 cm³/mol. The summed E-state index contributed by atoms with van der Waals surface area (Å²) in [5, 5.41) is 14.1. The van der Waals surface area contributed by atoms with Gasteiger partial charge >= 0.3 is 5.97 Å². The molecule has 0 aliphatic rings. The number of hydrogen-bond donors (Lipinski definition) is 2. The molecular formula is C27H30Cl2F2N4O3Si. The Bertz CT molecular complexity index is 1470. The minimum atomic E-state index is -1.25. The van der Waals surface area contributed by atoms with Crippen LogP contribution in [0, 0.1) is 11.6 Å². The zero-order valence-corrected chi connectivity index (χ0v) is 24.3. The summed E-state index contributed by atoms with van der Waals surface area (Å²) < 4.78 is 35.2. The van der Waals surface area contributed by atoms with E-state index < -0.39 is 31.7 Å². The van der Waals surface area contributed by atoms with Crippen LogP contribution in [-0.4, -0.2) is 40.5 Å². The fourth-order valence-corrected chi connectivity index (χ4v) is 5.06. The molecule has 208 valence electrons. The Morgan fingerprint density at radius 3 is 2.49 bits per heavy atom. The number of fused-ring (bicyclic) bond motifs is 1. The molecule has 12 heteroatoms. The van der Waals surface area contributed by atoms with Crippen molar-refractivity contribution in [2.75, 3.05) is 6.61 Å². The fraction of sp³-hybridized carbons (Fsp3) is 0.296. The van der Waals surface area contributed by atoms with Gasteiger partial charge in [0.2, 0.25) is 0 Å². The first-order valence-corrected chi connectivity index (χ1v) is 16.2. The van der Waals surface area contributed by atoms with Crippen molar-refractivity contribution in [3.63, 3.8) is 0 Å². The number of carboxylic acid groups (broad SMARTS) is 1. The molecule has 39 heavy (non-hydrogen) atoms. The summed E-state index contributed by atoms with van der Waals surface area (Å²) in [6.07, 6.45) is 1.71. The van der Waals surface area contributed by atoms with E-state index in [1.54, 1.807) is 16.9 Å². The fourth-order valence-electron chi connectivity index (χ4n) is 4.10. The molecule has 0 spiro atoms. The molecular weight excluding hydrogens is 565 g/mol. The summed E-state index contributed by atoms with van der Waals surface area (Å²) in [4.78, 5) is 16.5. The molecule has 3 N–H and O–H groups in total. The van der Waals surface area contributed by atoms with Crippen molar-refractivity contribution in [2.24, 2.45) is 5.73 Å². The molecule has 1 unspecified atom stereocenters. The Morgan fingerprint density at radius 2 is 1.85 bits per heavy atom. The number of halogens is 4. The summed E-state index contributed by atoms with van der Waals surface area (Å²) in [6.45, 7) is 7.66. The molecule has 4 aromatic rings. The molecule has 0 bridgehead atoms. The van der Waals surface area contributed by atoms with Gasteiger partial charge in [0.15, 0.2) is 0 Å². The number of carboxylic acids is 1. The molecule has 4 rings (SSSR count). The molecule has 0 aliphatic heterocycles. The number of pyridine rings is 1. The number of nitrogens with two attached hydrogens (primary N) is 1. The highest BCUT2D eigenvalue weighted by Crippen LogP contribution is 2.33. The van der Waals surface area contributed by atoms with Gasteiger partial charge in [-0.1, -0.05) is 37.3 Å². The van der Waals surface area contributed by atoms with E-state index in [9.17, 15) is 18.7 Å². The summed E-state index contributed by atoms with van der Waals surface area (Å²) in [6, 6.07) is 9.97. The minimum absolute atomic E-state index is 0. The number of aromatic nitrogens is 3. The van der Waals surface area contributed by atoms with E-state index in [0.29, 0.717) is 40.0 Å². The molecule has 2 aromatic heterocycles. The van der Waals surface area contributed by atoms with E-state index >= 15 is 0 Å². The maximum absolute atomic E-state index is 13.8. The van der Waals surface area contributed by atoms with Crippen molar-refractivity contribution < 1.29 is 23.4 Å². The topological polar surface area (TPSA) is 103 Å². The Hall–Kier alpha value is -2.89. The van der Waals surface area contributed by atoms with Crippen molar-refractivity contribution in [3.8, 4) is 11.1 Å². The standard InChI is InChI=1S/C27H29ClF2N4O3Si.ClH/c1-38(2,3)7-6-37-15-34-25-13-20(17-4-5-22(28)21(11-17)27(35)36)26(33-24(25)14-32-34)23(31)10-16-8-18(29)12-19(30)9-16;/h4-5,8-9,11-14,23H,6-7,10,15,31H2,1-3H3,(H,35,36);1H. The average molecular weight is 596 g/mol. The third kappa shape index (κ3) is 7.61. The molecule has 2 aromatic carbocycles. The predicted octanol–water partition coefficient (Wildman–Crippen LogP) is 6.70. The lowest BCUT2D eigenvalue weighted by Gasteiger charge is -2.18. The Kier molecular flexibility index (Phi) is 9.84. The van der Waals surface area contributed by atoms with Gasteiger partial charge in [-0.2, -0.15) is 5.10 Å². The van der Waals surface area contributed by atoms with Gasteiger partial charge in [0.25, 0.3) is 0 Å². The van der Waals surface area contributed by atoms with Crippen LogP contribution in [0.2, 0.25) is 30.7 Å². The molecule has 0 amide bonds. The number of carbonyl (C=O) groups is 1. The molecule has 0 fully saturated rings. The van der Waals surface area contributed by atoms with Gasteiger partial charge in [-0.15, -0.1) is 12.4 Å². The third-order valence-electron chi connectivity index (χ3n) is 6.10. The highest BCUT2D eigenvalue weighted by Gasteiger charge is 2.21. The van der Waals surface area contributed by atoms with Crippen LogP contribution < -0.4 is 5.73 Å². The first-order chi connectivity index (χ1) is 17.9. The number of hydrogen-bond acceptors (Lipinski definition) is 5. The van der Waals surface area contributed by atoms with Crippen LogP contribution in [0.25, 0.3) is 22.2 Å². The maximum Gasteiger partial charge on any atom is 0.337 e. The van der Waals surface area contributed by atoms with Gasteiger partial charge in [0.05, 0.1) is 34.0 Å². The van der Waals surface area contributed by atoms with Gasteiger partial charge in [-0.25, -0.2) is 23.2 Å². The molecule has 0 saturated heterocycles. The normalized spacial score (nSPS) is 12.4. The van der Waals surface area contributed by atoms with E-state index in [1.807, 2.05) is 6.07 Å². The SMILES string of the molecule is C[Si](C)(C)CCOCn1ncc2nc(C(N)Cc3cc(F)cc(F)c3)c(-c3ccc(Cl)c(C(=O)O)c3)cc21.Cl. The van der Waals surface area contributed by atoms with Crippen LogP contribution in [0.5, 0.6) is 0 Å². The van der Waals surface area contributed by atoms with Crippen LogP contribution in [0.3, 0.4) is 0 Å². The molecule has 0 saturated carbocycles. The number of rotatable bonds is 10. The Balaban J connectivity index is 0.00000420. The lowest BCUT2D eigenvalue weighted by molar-refractivity contribution is 0.0697. The van der Waals surface area contributed by atoms with Crippen LogP contribution in [-0.2, 0) is 17.9 Å². The lowest BCUT2D eigenvalue weighted by Crippen LogP contribution is -2.22. The van der Waals surface area contributed by atoms with Gasteiger partial charge in [0.1, 0.15) is 23.9 Å². The van der Waals surface area contributed by atoms with Crippen LogP contribution in [0.15, 0.2) is 48.7 Å². The summed E-state index contributed by atoms with van der Waals surface area (Å²) in [5.41, 5.74) is 9.59. The van der Waals surface area contributed by atoms with Crippen molar-refractivity contribution in [1.82, 2.24) is 14.8 Å². The van der Waals surface area contributed by atoms with Crippen molar-refractivity contribution in [3.05, 3.63) is 82.1 Å². The number of ether oxygens (including phenoxy) is 1. The second kappa shape index (κ2) is 12.5. The first kappa shape index (κ1) is 30.6. The van der Waals surface area contributed by atoms with Crippen molar-refractivity contribution in [1.29, 1.82) is 0 Å². The average Bonchev–Trinajstić information content (AvgIpc) is 3.22. The van der Waals surface area contributed by atoms with Crippen LogP contribution >= 0.6 is 24.0 Å². The summed E-state index contributed by atoms with van der Waals surface area (Å²) >= 11 is 6.10. The van der Waals surface area contributed by atoms with E-state index in [0.717, 1.165) is 12.1 Å². The minimum Gasteiger partial charge on any atom is -0.478 e. The van der Waals surface area contributed by atoms with E-state index in [2.05, 4.69) is 24.7 Å². The lowest BCUT2D eigenvalue weighted by atomic mass is 9.94. The molecule has 7 nitrogen and oxygen atoms in total. The van der Waals surface area contributed by atoms with Gasteiger partial charge in [-0.05, 0) is 53.9 Å². The van der Waals surface area contributed by atoms with E-state index in [-0.39, 0.29) is 36.1 Å². The monoisotopic (exact) mass is 594 g/mol. The van der Waals surface area contributed by atoms with Gasteiger partial charge < -0.3 is 15.6 Å². The number of aromatic carboxylic acids is 1. The summed E-state index contributed by atoms with van der Waals surface area (Å²) in [5.74, 6) is -2.57.